The van der Waals surface area contributed by atoms with Gasteiger partial charge in [0.25, 0.3) is 0 Å². The number of hydrogen-bond acceptors (Lipinski definition) is 5. The van der Waals surface area contributed by atoms with Gasteiger partial charge < -0.3 is 15.2 Å². The third-order valence-corrected chi connectivity index (χ3v) is 3.80. The minimum absolute atomic E-state index is 0.0223. The van der Waals surface area contributed by atoms with E-state index in [1.807, 2.05) is 6.07 Å². The summed E-state index contributed by atoms with van der Waals surface area (Å²) in [5.74, 6) is -2.00. The average molecular weight is 321 g/mol. The number of carbonyl (C=O) groups excluding carboxylic acids is 2. The van der Waals surface area contributed by atoms with Crippen molar-refractivity contribution >= 4 is 17.8 Å². The summed E-state index contributed by atoms with van der Waals surface area (Å²) in [4.78, 5) is 35.6. The zero-order valence-corrected chi connectivity index (χ0v) is 12.7. The Kier molecular flexibility index (Phi) is 5.21. The topological polar surface area (TPSA) is 105 Å². The number of hydrogen-bond donors (Lipinski definition) is 3. The van der Waals surface area contributed by atoms with E-state index in [9.17, 15) is 19.5 Å². The first kappa shape index (κ1) is 15.5. The zero-order chi connectivity index (χ0) is 17.6. The van der Waals surface area contributed by atoms with Crippen molar-refractivity contribution in [2.45, 2.75) is 31.4 Å². The fourth-order valence-corrected chi connectivity index (χ4v) is 2.48. The molecule has 0 radical (unpaired) electrons. The second-order valence-electron chi connectivity index (χ2n) is 5.37. The van der Waals surface area contributed by atoms with Crippen molar-refractivity contribution in [1.82, 2.24) is 10.6 Å². The Morgan fingerprint density at radius 2 is 2.04 bits per heavy atom. The smallest absolute Gasteiger partial charge is 0.407 e. The van der Waals surface area contributed by atoms with Crippen LogP contribution < -0.4 is 10.6 Å². The Morgan fingerprint density at radius 3 is 2.65 bits per heavy atom. The SMILES string of the molecule is [2H]N(CC(=O)C1(C(=O)O)CCCCN1)C(=O)OCc1ccccc1. The Labute approximate surface area is 135 Å². The molecular weight excluding hydrogens is 300 g/mol. The molecule has 7 heteroatoms. The molecule has 0 saturated carbocycles. The molecule has 124 valence electrons. The normalized spacial score (nSPS) is 21.1. The summed E-state index contributed by atoms with van der Waals surface area (Å²) >= 11 is 0. The highest BCUT2D eigenvalue weighted by atomic mass is 16.5. The molecule has 1 fully saturated rings. The molecule has 0 aromatic heterocycles. The van der Waals surface area contributed by atoms with Crippen molar-refractivity contribution < 1.29 is 25.6 Å². The number of alkyl carbamates (subject to hydrolysis) is 1. The van der Waals surface area contributed by atoms with E-state index in [1.165, 1.54) is 0 Å². The number of Topliss-reactive ketones (excluding diaryl/α,β-unsaturated/α-hetero) is 1. The lowest BCUT2D eigenvalue weighted by atomic mass is 9.85. The molecular formula is C16H20N2O5. The average Bonchev–Trinajstić information content (AvgIpc) is 2.60. The van der Waals surface area contributed by atoms with E-state index >= 15 is 0 Å². The van der Waals surface area contributed by atoms with E-state index in [-0.39, 0.29) is 13.0 Å². The molecule has 3 N–H and O–H groups in total. The number of carbonyl (C=O) groups is 3. The maximum absolute atomic E-state index is 12.3. The Balaban J connectivity index is 1.92. The lowest BCUT2D eigenvalue weighted by Crippen LogP contribution is -2.62. The second kappa shape index (κ2) is 7.73. The number of ether oxygens (including phenoxy) is 1. The monoisotopic (exact) mass is 321 g/mol. The van der Waals surface area contributed by atoms with Crippen LogP contribution in [-0.2, 0) is 20.9 Å². The number of nitrogens with one attached hydrogen (secondary N) is 2. The Bertz CT molecular complexity index is 602. The van der Waals surface area contributed by atoms with E-state index in [1.54, 1.807) is 24.3 Å². The van der Waals surface area contributed by atoms with Crippen LogP contribution in [0.25, 0.3) is 0 Å². The van der Waals surface area contributed by atoms with E-state index in [0.717, 1.165) is 12.0 Å². The van der Waals surface area contributed by atoms with Crippen molar-refractivity contribution in [3.63, 3.8) is 0 Å². The van der Waals surface area contributed by atoms with Gasteiger partial charge in [-0.3, -0.25) is 10.1 Å². The number of ketones is 1. The molecule has 23 heavy (non-hydrogen) atoms. The molecule has 1 aliphatic heterocycles. The van der Waals surface area contributed by atoms with Gasteiger partial charge >= 0.3 is 12.1 Å². The van der Waals surface area contributed by atoms with Crippen LogP contribution in [0.15, 0.2) is 30.3 Å². The highest BCUT2D eigenvalue weighted by molar-refractivity contribution is 6.09. The predicted octanol–water partition coefficient (Wildman–Crippen LogP) is 1.08. The molecule has 2 rings (SSSR count). The number of aliphatic carboxylic acids is 1. The van der Waals surface area contributed by atoms with E-state index in [4.69, 9.17) is 6.15 Å². The van der Waals surface area contributed by atoms with Gasteiger partial charge in [0.15, 0.2) is 12.7 Å². The van der Waals surface area contributed by atoms with Gasteiger partial charge in [-0.05, 0) is 31.4 Å². The molecule has 1 atom stereocenters. The fraction of sp³-hybridized carbons (Fsp3) is 0.438. The predicted molar refractivity (Wildman–Crippen MR) is 81.9 cm³/mol. The first-order valence-electron chi connectivity index (χ1n) is 7.89. The lowest BCUT2D eigenvalue weighted by Gasteiger charge is -2.32. The highest BCUT2D eigenvalue weighted by Gasteiger charge is 2.46. The molecule has 1 unspecified atom stereocenters. The number of rotatable bonds is 6. The summed E-state index contributed by atoms with van der Waals surface area (Å²) in [6, 6.07) is 8.92. The zero-order valence-electron chi connectivity index (χ0n) is 13.7. The summed E-state index contributed by atoms with van der Waals surface area (Å²) in [7, 11) is 0. The van der Waals surface area contributed by atoms with Gasteiger partial charge in [-0.1, -0.05) is 30.3 Å². The minimum Gasteiger partial charge on any atom is -0.480 e. The van der Waals surface area contributed by atoms with Crippen molar-refractivity contribution in [2.75, 3.05) is 13.1 Å². The minimum atomic E-state index is -1.72. The highest BCUT2D eigenvalue weighted by Crippen LogP contribution is 2.20. The van der Waals surface area contributed by atoms with Crippen LogP contribution in [0.4, 0.5) is 4.79 Å². The lowest BCUT2D eigenvalue weighted by molar-refractivity contribution is -0.151. The van der Waals surface area contributed by atoms with E-state index in [0.29, 0.717) is 18.3 Å². The standard InChI is InChI=1S/C16H20N2O5/c19-13(16(14(20)21)8-4-5-9-18-16)10-17-15(22)23-11-12-6-2-1-3-7-12/h1-3,6-7,18H,4-5,8-11H2,(H,17,22)(H,20,21)/i/hD. The number of benzene rings is 1. The van der Waals surface area contributed by atoms with Gasteiger partial charge in [0.2, 0.25) is 0 Å². The van der Waals surface area contributed by atoms with Gasteiger partial charge in [-0.25, -0.2) is 9.59 Å². The van der Waals surface area contributed by atoms with Crippen molar-refractivity contribution in [2.24, 2.45) is 0 Å². The van der Waals surface area contributed by atoms with Crippen LogP contribution >= 0.6 is 0 Å². The third-order valence-electron chi connectivity index (χ3n) is 3.80. The van der Waals surface area contributed by atoms with Gasteiger partial charge in [-0.15, -0.1) is 0 Å². The van der Waals surface area contributed by atoms with E-state index < -0.39 is 29.9 Å². The van der Waals surface area contributed by atoms with Crippen molar-refractivity contribution in [3.05, 3.63) is 35.9 Å². The quantitative estimate of drug-likeness (QED) is 0.677. The van der Waals surface area contributed by atoms with Crippen LogP contribution in [0, 0.1) is 0 Å². The van der Waals surface area contributed by atoms with Gasteiger partial charge in [0, 0.05) is 0 Å². The summed E-state index contributed by atoms with van der Waals surface area (Å²) in [6.45, 7) is -0.257. The summed E-state index contributed by atoms with van der Waals surface area (Å²) < 4.78 is 12.6. The van der Waals surface area contributed by atoms with Crippen molar-refractivity contribution in [1.29, 1.82) is 0 Å². The molecule has 0 aliphatic carbocycles. The van der Waals surface area contributed by atoms with Gasteiger partial charge in [0.1, 0.15) is 6.61 Å². The summed E-state index contributed by atoms with van der Waals surface area (Å²) in [5.41, 5.74) is -0.974. The number of amides is 1. The number of piperidine rings is 1. The van der Waals surface area contributed by atoms with Crippen molar-refractivity contribution in [3.8, 4) is 0 Å². The molecule has 1 aliphatic rings. The Hall–Kier alpha value is -2.41. The number of carboxylic acid groups (broad SMARTS) is 1. The fourth-order valence-electron chi connectivity index (χ4n) is 2.48. The third kappa shape index (κ3) is 4.29. The maximum Gasteiger partial charge on any atom is 0.407 e. The largest absolute Gasteiger partial charge is 0.480 e. The molecule has 1 aromatic rings. The molecule has 0 bridgehead atoms. The molecule has 0 spiro atoms. The van der Waals surface area contributed by atoms with Crippen LogP contribution in [0.1, 0.15) is 24.8 Å². The maximum atomic E-state index is 12.3. The molecule has 1 heterocycles. The first-order chi connectivity index (χ1) is 11.5. The van der Waals surface area contributed by atoms with Gasteiger partial charge in [-0.2, -0.15) is 0 Å². The number of carboxylic acids is 1. The second-order valence-corrected chi connectivity index (χ2v) is 5.37. The van der Waals surface area contributed by atoms with Crippen LogP contribution in [0.3, 0.4) is 0 Å². The Morgan fingerprint density at radius 1 is 1.30 bits per heavy atom. The van der Waals surface area contributed by atoms with E-state index in [2.05, 4.69) is 5.32 Å². The summed E-state index contributed by atoms with van der Waals surface area (Å²) in [5, 5.41) is 12.5. The first-order valence-corrected chi connectivity index (χ1v) is 7.44. The molecule has 1 aromatic carbocycles. The molecule has 7 nitrogen and oxygen atoms in total. The molecule has 1 amide bonds. The summed E-state index contributed by atoms with van der Waals surface area (Å²) in [6.07, 6.45) is 0.533. The van der Waals surface area contributed by atoms with Crippen LogP contribution in [-0.4, -0.2) is 41.6 Å². The molecule has 1 saturated heterocycles. The van der Waals surface area contributed by atoms with Crippen LogP contribution in [0.2, 0.25) is 1.41 Å². The van der Waals surface area contributed by atoms with Crippen LogP contribution in [0.5, 0.6) is 0 Å². The van der Waals surface area contributed by atoms with Gasteiger partial charge in [0.05, 0.1) is 6.54 Å².